The van der Waals surface area contributed by atoms with Crippen molar-refractivity contribution in [2.24, 2.45) is 11.1 Å². The van der Waals surface area contributed by atoms with E-state index in [0.29, 0.717) is 13.2 Å². The van der Waals surface area contributed by atoms with Crippen molar-refractivity contribution in [3.63, 3.8) is 0 Å². The van der Waals surface area contributed by atoms with Gasteiger partial charge in [0, 0.05) is 31.4 Å². The summed E-state index contributed by atoms with van der Waals surface area (Å²) in [5, 5.41) is 11.2. The summed E-state index contributed by atoms with van der Waals surface area (Å²) in [5.41, 5.74) is 5.46. The van der Waals surface area contributed by atoms with Gasteiger partial charge in [0.25, 0.3) is 0 Å². The summed E-state index contributed by atoms with van der Waals surface area (Å²) in [4.78, 5) is 0. The minimum Gasteiger partial charge on any atom is -0.389 e. The van der Waals surface area contributed by atoms with E-state index in [2.05, 4.69) is 6.92 Å². The van der Waals surface area contributed by atoms with Crippen LogP contribution in [0.5, 0.6) is 0 Å². The van der Waals surface area contributed by atoms with Crippen LogP contribution >= 0.6 is 0 Å². The van der Waals surface area contributed by atoms with Crippen molar-refractivity contribution in [2.45, 2.75) is 76.4 Å². The molecule has 3 nitrogen and oxygen atoms in total. The first-order valence-corrected chi connectivity index (χ1v) is 7.70. The molecule has 2 aliphatic rings. The molecular weight excluding hydrogens is 226 g/mol. The van der Waals surface area contributed by atoms with E-state index in [1.165, 1.54) is 25.7 Å². The Labute approximate surface area is 111 Å². The van der Waals surface area contributed by atoms with E-state index >= 15 is 0 Å². The Morgan fingerprint density at radius 3 is 2.39 bits per heavy atom. The highest BCUT2D eigenvalue weighted by Crippen LogP contribution is 2.48. The number of hydrogen-bond donors (Lipinski definition) is 2. The normalized spacial score (nSPS) is 37.2. The van der Waals surface area contributed by atoms with Gasteiger partial charge < -0.3 is 15.6 Å². The topological polar surface area (TPSA) is 55.5 Å². The van der Waals surface area contributed by atoms with Gasteiger partial charge in [-0.1, -0.05) is 32.6 Å². The molecule has 0 spiro atoms. The maximum absolute atomic E-state index is 11.2. The summed E-state index contributed by atoms with van der Waals surface area (Å²) in [6.07, 6.45) is 9.97. The molecule has 1 saturated heterocycles. The van der Waals surface area contributed by atoms with Crippen molar-refractivity contribution in [3.05, 3.63) is 0 Å². The van der Waals surface area contributed by atoms with Crippen LogP contribution in [0.15, 0.2) is 0 Å². The van der Waals surface area contributed by atoms with E-state index in [1.807, 2.05) is 0 Å². The second kappa shape index (κ2) is 5.89. The second-order valence-corrected chi connectivity index (χ2v) is 6.29. The zero-order valence-electron chi connectivity index (χ0n) is 11.8. The average molecular weight is 255 g/mol. The first kappa shape index (κ1) is 14.3. The molecule has 1 saturated carbocycles. The number of rotatable bonds is 3. The van der Waals surface area contributed by atoms with Gasteiger partial charge in [0.05, 0.1) is 11.7 Å². The number of ether oxygens (including phenoxy) is 1. The molecule has 2 unspecified atom stereocenters. The molecule has 3 heteroatoms. The Morgan fingerprint density at radius 1 is 1.17 bits per heavy atom. The van der Waals surface area contributed by atoms with Crippen molar-refractivity contribution in [1.29, 1.82) is 0 Å². The molecule has 0 aromatic heterocycles. The molecule has 2 rings (SSSR count). The monoisotopic (exact) mass is 255 g/mol. The van der Waals surface area contributed by atoms with Crippen LogP contribution in [0.25, 0.3) is 0 Å². The Morgan fingerprint density at radius 2 is 1.83 bits per heavy atom. The molecule has 1 aliphatic carbocycles. The van der Waals surface area contributed by atoms with Crippen LogP contribution in [0.4, 0.5) is 0 Å². The Kier molecular flexibility index (Phi) is 4.68. The van der Waals surface area contributed by atoms with Crippen molar-refractivity contribution < 1.29 is 9.84 Å². The van der Waals surface area contributed by atoms with Crippen molar-refractivity contribution in [3.8, 4) is 0 Å². The van der Waals surface area contributed by atoms with Crippen LogP contribution in [0, 0.1) is 5.41 Å². The van der Waals surface area contributed by atoms with E-state index in [4.69, 9.17) is 10.5 Å². The molecule has 18 heavy (non-hydrogen) atoms. The lowest BCUT2D eigenvalue weighted by Gasteiger charge is -2.50. The third-order valence-electron chi connectivity index (χ3n) is 5.33. The number of hydrogen-bond acceptors (Lipinski definition) is 3. The van der Waals surface area contributed by atoms with Crippen molar-refractivity contribution in [2.75, 3.05) is 13.2 Å². The molecule has 0 aromatic rings. The van der Waals surface area contributed by atoms with E-state index < -0.39 is 5.60 Å². The summed E-state index contributed by atoms with van der Waals surface area (Å²) in [6, 6.07) is 0. The lowest BCUT2D eigenvalue weighted by molar-refractivity contribution is -0.170. The van der Waals surface area contributed by atoms with Crippen LogP contribution < -0.4 is 5.73 Å². The maximum atomic E-state index is 11.2. The van der Waals surface area contributed by atoms with Gasteiger partial charge in [-0.25, -0.2) is 0 Å². The molecule has 0 radical (unpaired) electrons. The van der Waals surface area contributed by atoms with E-state index in [9.17, 15) is 5.11 Å². The largest absolute Gasteiger partial charge is 0.389 e. The van der Waals surface area contributed by atoms with Gasteiger partial charge >= 0.3 is 0 Å². The Balaban J connectivity index is 2.17. The summed E-state index contributed by atoms with van der Waals surface area (Å²) >= 11 is 0. The first-order chi connectivity index (χ1) is 8.66. The quantitative estimate of drug-likeness (QED) is 0.762. The van der Waals surface area contributed by atoms with Crippen LogP contribution in [0.1, 0.15) is 64.7 Å². The van der Waals surface area contributed by atoms with Gasteiger partial charge in [-0.2, -0.15) is 0 Å². The summed E-state index contributed by atoms with van der Waals surface area (Å²) in [5.74, 6) is 0. The van der Waals surface area contributed by atoms with Gasteiger partial charge in [0.1, 0.15) is 0 Å². The lowest BCUT2D eigenvalue weighted by Crippen LogP contribution is -2.56. The Bertz CT molecular complexity index is 261. The van der Waals surface area contributed by atoms with Crippen molar-refractivity contribution in [1.82, 2.24) is 0 Å². The van der Waals surface area contributed by atoms with Crippen LogP contribution in [-0.4, -0.2) is 30.0 Å². The van der Waals surface area contributed by atoms with Gasteiger partial charge in [-0.05, 0) is 19.3 Å². The lowest BCUT2D eigenvalue weighted by atomic mass is 9.62. The summed E-state index contributed by atoms with van der Waals surface area (Å²) in [6.45, 7) is 3.45. The van der Waals surface area contributed by atoms with Crippen LogP contribution in [0.2, 0.25) is 0 Å². The zero-order valence-corrected chi connectivity index (χ0v) is 11.8. The van der Waals surface area contributed by atoms with Crippen LogP contribution in [0.3, 0.4) is 0 Å². The fraction of sp³-hybridized carbons (Fsp3) is 1.00. The predicted molar refractivity (Wildman–Crippen MR) is 73.4 cm³/mol. The molecule has 2 fully saturated rings. The predicted octanol–water partition coefficient (Wildman–Crippen LogP) is 2.61. The fourth-order valence-electron chi connectivity index (χ4n) is 3.94. The molecule has 3 N–H and O–H groups in total. The molecule has 106 valence electrons. The van der Waals surface area contributed by atoms with Crippen molar-refractivity contribution >= 4 is 0 Å². The fourth-order valence-corrected chi connectivity index (χ4v) is 3.94. The maximum Gasteiger partial charge on any atom is 0.0762 e. The molecule has 0 aromatic carbocycles. The molecule has 0 amide bonds. The molecule has 1 heterocycles. The molecular formula is C15H29NO2. The third kappa shape index (κ3) is 2.59. The van der Waals surface area contributed by atoms with E-state index in [-0.39, 0.29) is 11.5 Å². The molecule has 0 bridgehead atoms. The average Bonchev–Trinajstić information content (AvgIpc) is 2.65. The minimum atomic E-state index is -0.592. The highest BCUT2D eigenvalue weighted by Gasteiger charge is 2.51. The number of nitrogens with two attached hydrogens (primary N) is 1. The van der Waals surface area contributed by atoms with Crippen LogP contribution in [-0.2, 0) is 4.74 Å². The van der Waals surface area contributed by atoms with Gasteiger partial charge in [0.2, 0.25) is 0 Å². The standard InChI is InChI=1S/C15H29NO2/c1-2-13-11-15(17,9-10-18-13)14(12-16)7-5-3-4-6-8-14/h13,17H,2-12,16H2,1H3. The van der Waals surface area contributed by atoms with Gasteiger partial charge in [-0.15, -0.1) is 0 Å². The smallest absolute Gasteiger partial charge is 0.0762 e. The second-order valence-electron chi connectivity index (χ2n) is 6.29. The summed E-state index contributed by atoms with van der Waals surface area (Å²) in [7, 11) is 0. The van der Waals surface area contributed by atoms with Gasteiger partial charge in [-0.3, -0.25) is 0 Å². The highest BCUT2D eigenvalue weighted by atomic mass is 16.5. The zero-order chi connectivity index (χ0) is 13.1. The first-order valence-electron chi connectivity index (χ1n) is 7.70. The number of aliphatic hydroxyl groups is 1. The van der Waals surface area contributed by atoms with E-state index in [0.717, 1.165) is 32.1 Å². The Hall–Kier alpha value is -0.120. The van der Waals surface area contributed by atoms with Gasteiger partial charge in [0.15, 0.2) is 0 Å². The summed E-state index contributed by atoms with van der Waals surface area (Å²) < 4.78 is 5.73. The third-order valence-corrected chi connectivity index (χ3v) is 5.33. The minimum absolute atomic E-state index is 0.0549. The SMILES string of the molecule is CCC1CC(O)(C2(CN)CCCCCC2)CCO1. The highest BCUT2D eigenvalue weighted by molar-refractivity contribution is 5.02. The molecule has 1 aliphatic heterocycles. The van der Waals surface area contributed by atoms with E-state index in [1.54, 1.807) is 0 Å². The molecule has 2 atom stereocenters.